The number of amides is 1. The Morgan fingerprint density at radius 3 is 1.39 bits per heavy atom. The molecule has 0 radical (unpaired) electrons. The van der Waals surface area contributed by atoms with Gasteiger partial charge in [-0.3, -0.25) is 0 Å². The number of ether oxygens (including phenoxy) is 1. The van der Waals surface area contributed by atoms with E-state index in [1.165, 1.54) is 103 Å². The maximum Gasteiger partial charge on any atom is 0.407 e. The lowest BCUT2D eigenvalue weighted by atomic mass is 10.1. The van der Waals surface area contributed by atoms with Gasteiger partial charge in [0.05, 0.1) is 6.61 Å². The molecule has 0 spiro atoms. The van der Waals surface area contributed by atoms with Crippen LogP contribution in [0.2, 0.25) is 1.41 Å². The van der Waals surface area contributed by atoms with Crippen molar-refractivity contribution in [3.63, 3.8) is 0 Å². The van der Waals surface area contributed by atoms with Gasteiger partial charge in [-0.25, -0.2) is 4.79 Å². The van der Waals surface area contributed by atoms with Gasteiger partial charge in [-0.15, -0.1) is 0 Å². The first kappa shape index (κ1) is 25.3. The molecule has 0 heterocycles. The number of unbranched alkanes of at least 4 members (excludes halogenated alkanes) is 18. The summed E-state index contributed by atoms with van der Waals surface area (Å²) >= 11 is 0. The summed E-state index contributed by atoms with van der Waals surface area (Å²) in [7, 11) is 0. The number of nitrogens with one attached hydrogen (secondary N) is 1. The molecule has 0 aliphatic heterocycles. The van der Waals surface area contributed by atoms with Gasteiger partial charge >= 0.3 is 6.09 Å². The van der Waals surface area contributed by atoms with E-state index in [1.54, 1.807) is 0 Å². The fraction of sp³-hybridized carbons (Fsp3) is 0.960. The van der Waals surface area contributed by atoms with Crippen molar-refractivity contribution >= 4 is 6.09 Å². The molecule has 0 unspecified atom stereocenters. The largest absolute Gasteiger partial charge is 0.450 e. The standard InChI is InChI=1S/C25H51NO2/c1-3-5-7-9-11-13-15-17-19-21-23-26-25(27)28-24-22-20-18-16-14-12-10-8-6-4-2/h3-24H2,1-2H3,(H,26,27)/i/hT. The van der Waals surface area contributed by atoms with Crippen LogP contribution in [0, 0.1) is 0 Å². The SMILES string of the molecule is [3H]N(CCCCCCCCCCCC)C(=O)OCCCCCCCCCCCC. The number of alkyl carbamates (subject to hydrolysis) is 1. The zero-order valence-corrected chi connectivity index (χ0v) is 19.3. The third-order valence-electron chi connectivity index (χ3n) is 5.48. The highest BCUT2D eigenvalue weighted by Gasteiger charge is 2.01. The Morgan fingerprint density at radius 1 is 0.607 bits per heavy atom. The van der Waals surface area contributed by atoms with Crippen molar-refractivity contribution < 1.29 is 10.9 Å². The minimum atomic E-state index is -0.475. The Hall–Kier alpha value is -0.730. The maximum atomic E-state index is 11.8. The predicted molar refractivity (Wildman–Crippen MR) is 123 cm³/mol. The molecule has 0 aromatic heterocycles. The molecule has 0 bridgehead atoms. The Kier molecular flexibility index (Phi) is 22.0. The van der Waals surface area contributed by atoms with Crippen molar-refractivity contribution in [2.75, 3.05) is 13.2 Å². The quantitative estimate of drug-likeness (QED) is 0.185. The second-order valence-electron chi connectivity index (χ2n) is 8.36. The zero-order chi connectivity index (χ0) is 21.4. The van der Waals surface area contributed by atoms with E-state index < -0.39 is 6.09 Å². The molecule has 0 aliphatic rings. The lowest BCUT2D eigenvalue weighted by Crippen LogP contribution is -2.25. The van der Waals surface area contributed by atoms with Crippen molar-refractivity contribution in [3.8, 4) is 0 Å². The van der Waals surface area contributed by atoms with E-state index in [-0.39, 0.29) is 0 Å². The predicted octanol–water partition coefficient (Wildman–Crippen LogP) is 8.55. The van der Waals surface area contributed by atoms with Crippen molar-refractivity contribution in [1.82, 2.24) is 5.31 Å². The number of carbonyl (C=O) groups excluding carboxylic acids is 1. The van der Waals surface area contributed by atoms with Crippen molar-refractivity contribution in [2.45, 2.75) is 142 Å². The van der Waals surface area contributed by atoms with Gasteiger partial charge in [0.15, 0.2) is 1.41 Å². The van der Waals surface area contributed by atoms with E-state index in [9.17, 15) is 4.79 Å². The lowest BCUT2D eigenvalue weighted by Gasteiger charge is -2.07. The molecule has 1 N–H and O–H groups in total. The molecule has 0 rings (SSSR count). The van der Waals surface area contributed by atoms with Gasteiger partial charge in [0, 0.05) is 6.54 Å². The van der Waals surface area contributed by atoms with Crippen LogP contribution in [0.25, 0.3) is 0 Å². The summed E-state index contributed by atoms with van der Waals surface area (Å²) in [6.45, 7) is 5.46. The average Bonchev–Trinajstić information content (AvgIpc) is 2.73. The second-order valence-corrected chi connectivity index (χ2v) is 8.36. The molecule has 1 amide bonds. The molecule has 3 heteroatoms. The molecule has 3 nitrogen and oxygen atoms in total. The average molecular weight is 400 g/mol. The van der Waals surface area contributed by atoms with Crippen LogP contribution in [0.15, 0.2) is 0 Å². The number of carbonyl (C=O) groups is 1. The Bertz CT molecular complexity index is 339. The Labute approximate surface area is 178 Å². The van der Waals surface area contributed by atoms with Gasteiger partial charge in [0.25, 0.3) is 0 Å². The summed E-state index contributed by atoms with van der Waals surface area (Å²) in [6, 6.07) is 0. The van der Waals surface area contributed by atoms with Crippen LogP contribution < -0.4 is 5.31 Å². The number of rotatable bonds is 22. The molecule has 0 aromatic carbocycles. The lowest BCUT2D eigenvalue weighted by molar-refractivity contribution is 0.143. The molecule has 168 valence electrons. The third-order valence-corrected chi connectivity index (χ3v) is 5.48. The first-order chi connectivity index (χ1) is 14.2. The van der Waals surface area contributed by atoms with E-state index in [0.717, 1.165) is 31.0 Å². The Morgan fingerprint density at radius 2 is 0.964 bits per heavy atom. The van der Waals surface area contributed by atoms with E-state index in [1.807, 2.05) is 0 Å². The minimum Gasteiger partial charge on any atom is -0.450 e. The molecule has 28 heavy (non-hydrogen) atoms. The van der Waals surface area contributed by atoms with Crippen LogP contribution in [0.5, 0.6) is 0 Å². The number of hydrogen-bond acceptors (Lipinski definition) is 2. The van der Waals surface area contributed by atoms with E-state index >= 15 is 0 Å². The van der Waals surface area contributed by atoms with Crippen LogP contribution in [-0.2, 0) is 4.74 Å². The van der Waals surface area contributed by atoms with Gasteiger partial charge in [0.2, 0.25) is 0 Å². The van der Waals surface area contributed by atoms with Crippen LogP contribution in [0.3, 0.4) is 0 Å². The fourth-order valence-electron chi connectivity index (χ4n) is 3.56. The molecule has 0 aliphatic carbocycles. The van der Waals surface area contributed by atoms with E-state index in [0.29, 0.717) is 13.2 Å². The van der Waals surface area contributed by atoms with Gasteiger partial charge in [-0.2, -0.15) is 0 Å². The summed E-state index contributed by atoms with van der Waals surface area (Å²) in [4.78, 5) is 11.8. The van der Waals surface area contributed by atoms with Crippen LogP contribution in [0.1, 0.15) is 142 Å². The molecular formula is C25H51NO2. The highest BCUT2D eigenvalue weighted by Crippen LogP contribution is 2.11. The van der Waals surface area contributed by atoms with Crippen molar-refractivity contribution in [3.05, 3.63) is 0 Å². The summed E-state index contributed by atoms with van der Waals surface area (Å²) in [5.74, 6) is 0. The highest BCUT2D eigenvalue weighted by molar-refractivity contribution is 5.66. The zero-order valence-electron chi connectivity index (χ0n) is 20.3. The first-order valence-electron chi connectivity index (χ1n) is 13.1. The smallest absolute Gasteiger partial charge is 0.407 e. The van der Waals surface area contributed by atoms with Gasteiger partial charge in [-0.1, -0.05) is 129 Å². The molecule has 0 atom stereocenters. The topological polar surface area (TPSA) is 38.3 Å². The normalized spacial score (nSPS) is 11.4. The first-order valence-corrected chi connectivity index (χ1v) is 12.7. The van der Waals surface area contributed by atoms with Crippen LogP contribution in [-0.4, -0.2) is 19.2 Å². The molecule has 0 aromatic rings. The summed E-state index contributed by atoms with van der Waals surface area (Å²) in [6.07, 6.45) is 24.9. The number of hydrogen-bond donors (Lipinski definition) is 1. The maximum absolute atomic E-state index is 11.8. The van der Waals surface area contributed by atoms with Crippen LogP contribution >= 0.6 is 0 Å². The van der Waals surface area contributed by atoms with Crippen molar-refractivity contribution in [1.29, 1.82) is 0 Å². The van der Waals surface area contributed by atoms with Crippen LogP contribution in [0.4, 0.5) is 4.79 Å². The monoisotopic (exact) mass is 399 g/mol. The fourth-order valence-corrected chi connectivity index (χ4v) is 3.56. The second kappa shape index (κ2) is 24.3. The summed E-state index contributed by atoms with van der Waals surface area (Å²) < 4.78 is 13.0. The minimum absolute atomic E-state index is 0.461. The molecule has 0 fully saturated rings. The molecule has 0 saturated carbocycles. The van der Waals surface area contributed by atoms with Gasteiger partial charge in [-0.05, 0) is 12.8 Å². The van der Waals surface area contributed by atoms with E-state index in [2.05, 4.69) is 13.8 Å². The highest BCUT2D eigenvalue weighted by atomic mass is 16.5. The third kappa shape index (κ3) is 23.3. The Balaban J connectivity index is 3.31. The molecule has 0 saturated heterocycles. The summed E-state index contributed by atoms with van der Waals surface area (Å²) in [5.41, 5.74) is 0. The molecular weight excluding hydrogens is 346 g/mol. The van der Waals surface area contributed by atoms with E-state index in [4.69, 9.17) is 6.15 Å². The van der Waals surface area contributed by atoms with Gasteiger partial charge < -0.3 is 10.0 Å². The summed E-state index contributed by atoms with van der Waals surface area (Å²) in [5, 5.41) is 1.00. The van der Waals surface area contributed by atoms with Crippen molar-refractivity contribution in [2.24, 2.45) is 0 Å². The van der Waals surface area contributed by atoms with Gasteiger partial charge in [0.1, 0.15) is 0 Å².